The van der Waals surface area contributed by atoms with Crippen LogP contribution in [-0.4, -0.2) is 56.7 Å². The highest BCUT2D eigenvalue weighted by molar-refractivity contribution is 5.79. The molecule has 1 aliphatic rings. The SMILES string of the molecule is CCC(CNC(=NC)NCCC1CCN(CC)CC1)Oc1ccccc1F. The zero-order valence-electron chi connectivity index (χ0n) is 17.0. The molecule has 5 nitrogen and oxygen atoms in total. The van der Waals surface area contributed by atoms with E-state index >= 15 is 0 Å². The van der Waals surface area contributed by atoms with Crippen molar-refractivity contribution in [3.8, 4) is 5.75 Å². The molecule has 6 heteroatoms. The third-order valence-electron chi connectivity index (χ3n) is 5.31. The highest BCUT2D eigenvalue weighted by atomic mass is 19.1. The van der Waals surface area contributed by atoms with E-state index in [2.05, 4.69) is 27.4 Å². The Labute approximate surface area is 163 Å². The normalized spacial score (nSPS) is 17.6. The Morgan fingerprint density at radius 1 is 1.26 bits per heavy atom. The van der Waals surface area contributed by atoms with Crippen LogP contribution >= 0.6 is 0 Å². The number of rotatable bonds is 9. The standard InChI is InChI=1S/C21H35FN4O/c1-4-18(27-20-9-7-6-8-19(20)22)16-25-21(23-3)24-13-10-17-11-14-26(5-2)15-12-17/h6-9,17-18H,4-5,10-16H2,1-3H3,(H2,23,24,25). The number of hydrogen-bond donors (Lipinski definition) is 2. The van der Waals surface area contributed by atoms with E-state index in [-0.39, 0.29) is 11.9 Å². The maximum absolute atomic E-state index is 13.8. The van der Waals surface area contributed by atoms with Crippen LogP contribution in [0.1, 0.15) is 39.5 Å². The molecule has 2 rings (SSSR count). The van der Waals surface area contributed by atoms with Gasteiger partial charge in [-0.05, 0) is 63.4 Å². The molecule has 2 N–H and O–H groups in total. The minimum atomic E-state index is -0.326. The van der Waals surface area contributed by atoms with E-state index in [9.17, 15) is 4.39 Å². The summed E-state index contributed by atoms with van der Waals surface area (Å²) in [5, 5.41) is 6.69. The van der Waals surface area contributed by atoms with Crippen LogP contribution in [0, 0.1) is 11.7 Å². The highest BCUT2D eigenvalue weighted by Crippen LogP contribution is 2.19. The van der Waals surface area contributed by atoms with E-state index in [1.807, 2.05) is 6.92 Å². The number of benzene rings is 1. The molecule has 1 unspecified atom stereocenters. The van der Waals surface area contributed by atoms with Crippen molar-refractivity contribution in [1.29, 1.82) is 0 Å². The molecule has 1 aromatic rings. The van der Waals surface area contributed by atoms with Crippen molar-refractivity contribution in [3.63, 3.8) is 0 Å². The van der Waals surface area contributed by atoms with Gasteiger partial charge in [0, 0.05) is 13.6 Å². The summed E-state index contributed by atoms with van der Waals surface area (Å²) in [5.41, 5.74) is 0. The third-order valence-corrected chi connectivity index (χ3v) is 5.31. The van der Waals surface area contributed by atoms with Crippen LogP contribution in [0.3, 0.4) is 0 Å². The Morgan fingerprint density at radius 3 is 2.63 bits per heavy atom. The largest absolute Gasteiger partial charge is 0.486 e. The Balaban J connectivity index is 1.69. The summed E-state index contributed by atoms with van der Waals surface area (Å²) in [6.45, 7) is 9.37. The highest BCUT2D eigenvalue weighted by Gasteiger charge is 2.18. The minimum absolute atomic E-state index is 0.112. The first-order valence-corrected chi connectivity index (χ1v) is 10.2. The van der Waals surface area contributed by atoms with Crippen LogP contribution in [0.4, 0.5) is 4.39 Å². The molecule has 1 aromatic carbocycles. The summed E-state index contributed by atoms with van der Waals surface area (Å²) in [6, 6.07) is 6.53. The maximum atomic E-state index is 13.8. The predicted molar refractivity (Wildman–Crippen MR) is 110 cm³/mol. The fraction of sp³-hybridized carbons (Fsp3) is 0.667. The number of nitrogens with one attached hydrogen (secondary N) is 2. The van der Waals surface area contributed by atoms with Crippen LogP contribution in [0.15, 0.2) is 29.3 Å². The van der Waals surface area contributed by atoms with E-state index in [0.717, 1.165) is 31.4 Å². The van der Waals surface area contributed by atoms with Crippen LogP contribution in [0.25, 0.3) is 0 Å². The molecule has 0 aliphatic carbocycles. The number of ether oxygens (including phenoxy) is 1. The molecule has 0 bridgehead atoms. The summed E-state index contributed by atoms with van der Waals surface area (Å²) in [6.07, 6.45) is 4.42. The maximum Gasteiger partial charge on any atom is 0.191 e. The quantitative estimate of drug-likeness (QED) is 0.511. The molecular weight excluding hydrogens is 343 g/mol. The summed E-state index contributed by atoms with van der Waals surface area (Å²) < 4.78 is 19.5. The number of para-hydroxylation sites is 1. The van der Waals surface area contributed by atoms with Crippen molar-refractivity contribution in [2.75, 3.05) is 39.8 Å². The molecule has 1 saturated heterocycles. The van der Waals surface area contributed by atoms with Gasteiger partial charge < -0.3 is 20.3 Å². The second-order valence-corrected chi connectivity index (χ2v) is 7.12. The molecule has 1 heterocycles. The van der Waals surface area contributed by atoms with Crippen LogP contribution in [-0.2, 0) is 0 Å². The summed E-state index contributed by atoms with van der Waals surface area (Å²) in [7, 11) is 1.77. The number of halogens is 1. The lowest BCUT2D eigenvalue weighted by molar-refractivity contribution is 0.186. The number of guanidine groups is 1. The van der Waals surface area contributed by atoms with E-state index in [1.165, 1.54) is 38.4 Å². The minimum Gasteiger partial charge on any atom is -0.486 e. The molecule has 0 radical (unpaired) electrons. The topological polar surface area (TPSA) is 48.9 Å². The molecule has 152 valence electrons. The molecule has 1 atom stereocenters. The van der Waals surface area contributed by atoms with Gasteiger partial charge in [0.2, 0.25) is 0 Å². The van der Waals surface area contributed by atoms with E-state index in [0.29, 0.717) is 12.3 Å². The molecule has 0 amide bonds. The monoisotopic (exact) mass is 378 g/mol. The van der Waals surface area contributed by atoms with Gasteiger partial charge in [0.25, 0.3) is 0 Å². The molecular formula is C21H35FN4O. The fourth-order valence-corrected chi connectivity index (χ4v) is 3.41. The number of nitrogens with zero attached hydrogens (tertiary/aromatic N) is 2. The molecule has 1 aliphatic heterocycles. The third kappa shape index (κ3) is 7.37. The zero-order valence-corrected chi connectivity index (χ0v) is 17.0. The van der Waals surface area contributed by atoms with E-state index in [4.69, 9.17) is 4.74 Å². The summed E-state index contributed by atoms with van der Waals surface area (Å²) in [4.78, 5) is 6.80. The number of piperidine rings is 1. The summed E-state index contributed by atoms with van der Waals surface area (Å²) in [5.74, 6) is 1.54. The van der Waals surface area contributed by atoms with Gasteiger partial charge in [-0.2, -0.15) is 0 Å². The predicted octanol–water partition coefficient (Wildman–Crippen LogP) is 3.27. The fourth-order valence-electron chi connectivity index (χ4n) is 3.41. The lowest BCUT2D eigenvalue weighted by Gasteiger charge is -2.31. The smallest absolute Gasteiger partial charge is 0.191 e. The Hall–Kier alpha value is -1.82. The van der Waals surface area contributed by atoms with Crippen LogP contribution in [0.2, 0.25) is 0 Å². The van der Waals surface area contributed by atoms with Gasteiger partial charge in [-0.15, -0.1) is 0 Å². The van der Waals surface area contributed by atoms with Crippen molar-refractivity contribution < 1.29 is 9.13 Å². The van der Waals surface area contributed by atoms with Gasteiger partial charge in [-0.25, -0.2) is 4.39 Å². The van der Waals surface area contributed by atoms with Crippen molar-refractivity contribution in [2.24, 2.45) is 10.9 Å². The summed E-state index contributed by atoms with van der Waals surface area (Å²) >= 11 is 0. The first kappa shape index (κ1) is 21.5. The van der Waals surface area contributed by atoms with Crippen LogP contribution < -0.4 is 15.4 Å². The lowest BCUT2D eigenvalue weighted by atomic mass is 9.93. The molecule has 1 fully saturated rings. The van der Waals surface area contributed by atoms with E-state index in [1.54, 1.807) is 25.2 Å². The Bertz CT molecular complexity index is 573. The van der Waals surface area contributed by atoms with Gasteiger partial charge in [-0.3, -0.25) is 4.99 Å². The zero-order chi connectivity index (χ0) is 19.5. The van der Waals surface area contributed by atoms with Crippen molar-refractivity contribution >= 4 is 5.96 Å². The molecule has 0 spiro atoms. The molecule has 0 saturated carbocycles. The van der Waals surface area contributed by atoms with Crippen molar-refractivity contribution in [1.82, 2.24) is 15.5 Å². The number of hydrogen-bond acceptors (Lipinski definition) is 3. The van der Waals surface area contributed by atoms with Gasteiger partial charge in [0.05, 0.1) is 6.54 Å². The number of likely N-dealkylation sites (tertiary alicyclic amines) is 1. The second kappa shape index (κ2) is 11.8. The lowest BCUT2D eigenvalue weighted by Crippen LogP contribution is -2.43. The average molecular weight is 379 g/mol. The second-order valence-electron chi connectivity index (χ2n) is 7.12. The molecule has 27 heavy (non-hydrogen) atoms. The Kier molecular flexibility index (Phi) is 9.39. The van der Waals surface area contributed by atoms with Crippen molar-refractivity contribution in [3.05, 3.63) is 30.1 Å². The van der Waals surface area contributed by atoms with Crippen LogP contribution in [0.5, 0.6) is 5.75 Å². The number of aliphatic imine (C=N–C) groups is 1. The van der Waals surface area contributed by atoms with E-state index < -0.39 is 0 Å². The first-order chi connectivity index (χ1) is 13.2. The Morgan fingerprint density at radius 2 is 2.00 bits per heavy atom. The van der Waals surface area contributed by atoms with Gasteiger partial charge >= 0.3 is 0 Å². The first-order valence-electron chi connectivity index (χ1n) is 10.2. The van der Waals surface area contributed by atoms with Gasteiger partial charge in [0.1, 0.15) is 6.10 Å². The molecule has 0 aromatic heterocycles. The van der Waals surface area contributed by atoms with Gasteiger partial charge in [0.15, 0.2) is 17.5 Å². The average Bonchev–Trinajstić information content (AvgIpc) is 2.71. The van der Waals surface area contributed by atoms with Crippen molar-refractivity contribution in [2.45, 2.75) is 45.6 Å². The van der Waals surface area contributed by atoms with Gasteiger partial charge in [-0.1, -0.05) is 26.0 Å².